The van der Waals surface area contributed by atoms with Gasteiger partial charge in [0.05, 0.1) is 23.8 Å². The van der Waals surface area contributed by atoms with Crippen molar-refractivity contribution in [2.45, 2.75) is 51.0 Å². The Labute approximate surface area is 159 Å². The second-order valence-electron chi connectivity index (χ2n) is 7.83. The van der Waals surface area contributed by atoms with Crippen molar-refractivity contribution < 1.29 is 19.1 Å². The number of ether oxygens (including phenoxy) is 1. The predicted octanol–water partition coefficient (Wildman–Crippen LogP) is 2.77. The molecule has 3 amide bonds. The molecule has 1 N–H and O–H groups in total. The van der Waals surface area contributed by atoms with Crippen molar-refractivity contribution in [2.24, 2.45) is 5.92 Å². The number of hydrogen-bond acceptors (Lipinski definition) is 4. The molecule has 1 aromatic rings. The molecule has 1 aliphatic carbocycles. The van der Waals surface area contributed by atoms with Gasteiger partial charge in [-0.25, -0.2) is 0 Å². The summed E-state index contributed by atoms with van der Waals surface area (Å²) in [5, 5.41) is 2.99. The van der Waals surface area contributed by atoms with Gasteiger partial charge < -0.3 is 10.1 Å². The Kier molecular flexibility index (Phi) is 5.25. The second kappa shape index (κ2) is 7.80. The van der Waals surface area contributed by atoms with Gasteiger partial charge in [0.1, 0.15) is 0 Å². The van der Waals surface area contributed by atoms with Crippen LogP contribution in [0.1, 0.15) is 76.0 Å². The molecule has 144 valence electrons. The van der Waals surface area contributed by atoms with Crippen molar-refractivity contribution in [3.63, 3.8) is 0 Å². The van der Waals surface area contributed by atoms with E-state index in [0.717, 1.165) is 25.7 Å². The normalized spacial score (nSPS) is 23.0. The molecule has 6 heteroatoms. The number of rotatable bonds is 5. The quantitative estimate of drug-likeness (QED) is 0.809. The van der Waals surface area contributed by atoms with Gasteiger partial charge in [-0.05, 0) is 49.8 Å². The number of amides is 3. The monoisotopic (exact) mass is 370 g/mol. The molecule has 0 spiro atoms. The van der Waals surface area contributed by atoms with Crippen molar-refractivity contribution in [1.82, 2.24) is 10.2 Å². The van der Waals surface area contributed by atoms with Crippen LogP contribution in [0.2, 0.25) is 0 Å². The zero-order chi connectivity index (χ0) is 18.8. The highest BCUT2D eigenvalue weighted by Crippen LogP contribution is 2.26. The highest BCUT2D eigenvalue weighted by atomic mass is 16.5. The lowest BCUT2D eigenvalue weighted by Gasteiger charge is -2.21. The van der Waals surface area contributed by atoms with Crippen molar-refractivity contribution in [2.75, 3.05) is 19.7 Å². The molecule has 2 fully saturated rings. The SMILES string of the molecule is O=C(NCC1CCCCC1)c1ccc2c(c1)C(=O)N(CC1CCCO1)C2=O. The molecule has 2 aliphatic heterocycles. The number of nitrogens with one attached hydrogen (secondary N) is 1. The Hall–Kier alpha value is -2.21. The van der Waals surface area contributed by atoms with Crippen LogP contribution in [0.25, 0.3) is 0 Å². The lowest BCUT2D eigenvalue weighted by molar-refractivity contribution is 0.0475. The van der Waals surface area contributed by atoms with E-state index in [4.69, 9.17) is 4.74 Å². The maximum Gasteiger partial charge on any atom is 0.261 e. The Bertz CT molecular complexity index is 749. The molecule has 1 atom stereocenters. The average molecular weight is 370 g/mol. The lowest BCUT2D eigenvalue weighted by atomic mass is 9.89. The number of benzene rings is 1. The van der Waals surface area contributed by atoms with Crippen LogP contribution in [-0.4, -0.2) is 48.4 Å². The fourth-order valence-corrected chi connectivity index (χ4v) is 4.32. The van der Waals surface area contributed by atoms with E-state index >= 15 is 0 Å². The minimum atomic E-state index is -0.326. The average Bonchev–Trinajstić information content (AvgIpc) is 3.30. The molecule has 1 aromatic carbocycles. The first-order chi connectivity index (χ1) is 13.1. The third kappa shape index (κ3) is 3.76. The molecule has 0 aromatic heterocycles. The first kappa shape index (κ1) is 18.2. The van der Waals surface area contributed by atoms with Crippen LogP contribution < -0.4 is 5.32 Å². The second-order valence-corrected chi connectivity index (χ2v) is 7.83. The first-order valence-corrected chi connectivity index (χ1v) is 10.0. The number of carbonyl (C=O) groups is 3. The van der Waals surface area contributed by atoms with Crippen LogP contribution in [0.5, 0.6) is 0 Å². The number of imide groups is 1. The molecule has 4 rings (SSSR count). The van der Waals surface area contributed by atoms with E-state index in [1.165, 1.54) is 24.2 Å². The van der Waals surface area contributed by atoms with Gasteiger partial charge in [0, 0.05) is 18.7 Å². The van der Waals surface area contributed by atoms with E-state index in [0.29, 0.717) is 35.8 Å². The van der Waals surface area contributed by atoms with E-state index in [2.05, 4.69) is 5.32 Å². The fourth-order valence-electron chi connectivity index (χ4n) is 4.32. The minimum Gasteiger partial charge on any atom is -0.376 e. The molecule has 0 radical (unpaired) electrons. The Morgan fingerprint density at radius 2 is 1.81 bits per heavy atom. The van der Waals surface area contributed by atoms with Gasteiger partial charge in [-0.15, -0.1) is 0 Å². The summed E-state index contributed by atoms with van der Waals surface area (Å²) in [6.07, 6.45) is 7.82. The highest BCUT2D eigenvalue weighted by molar-refractivity contribution is 6.22. The van der Waals surface area contributed by atoms with Crippen molar-refractivity contribution in [1.29, 1.82) is 0 Å². The van der Waals surface area contributed by atoms with Crippen LogP contribution in [0, 0.1) is 5.92 Å². The van der Waals surface area contributed by atoms with Gasteiger partial charge in [-0.3, -0.25) is 19.3 Å². The topological polar surface area (TPSA) is 75.7 Å². The Morgan fingerprint density at radius 3 is 2.56 bits per heavy atom. The van der Waals surface area contributed by atoms with E-state index in [-0.39, 0.29) is 30.4 Å². The predicted molar refractivity (Wildman–Crippen MR) is 99.7 cm³/mol. The number of carbonyl (C=O) groups excluding carboxylic acids is 3. The third-order valence-electron chi connectivity index (χ3n) is 5.92. The highest BCUT2D eigenvalue weighted by Gasteiger charge is 2.37. The number of nitrogens with zero attached hydrogens (tertiary/aromatic N) is 1. The smallest absolute Gasteiger partial charge is 0.261 e. The summed E-state index contributed by atoms with van der Waals surface area (Å²) in [6.45, 7) is 1.64. The zero-order valence-corrected chi connectivity index (χ0v) is 15.5. The van der Waals surface area contributed by atoms with Crippen LogP contribution in [-0.2, 0) is 4.74 Å². The summed E-state index contributed by atoms with van der Waals surface area (Å²) >= 11 is 0. The molecule has 3 aliphatic rings. The summed E-state index contributed by atoms with van der Waals surface area (Å²) in [5.74, 6) is -0.254. The Balaban J connectivity index is 1.42. The van der Waals surface area contributed by atoms with Gasteiger partial charge in [-0.1, -0.05) is 19.3 Å². The molecule has 1 unspecified atom stereocenters. The van der Waals surface area contributed by atoms with Gasteiger partial charge in [0.25, 0.3) is 17.7 Å². The van der Waals surface area contributed by atoms with Crippen LogP contribution in [0.15, 0.2) is 18.2 Å². The van der Waals surface area contributed by atoms with Gasteiger partial charge >= 0.3 is 0 Å². The maximum absolute atomic E-state index is 12.7. The van der Waals surface area contributed by atoms with Crippen molar-refractivity contribution >= 4 is 17.7 Å². The molecular formula is C21H26N2O4. The van der Waals surface area contributed by atoms with Gasteiger partial charge in [0.15, 0.2) is 0 Å². The van der Waals surface area contributed by atoms with Crippen LogP contribution >= 0.6 is 0 Å². The van der Waals surface area contributed by atoms with Crippen molar-refractivity contribution in [3.05, 3.63) is 34.9 Å². The molecule has 1 saturated carbocycles. The number of hydrogen-bond donors (Lipinski definition) is 1. The molecule has 0 bridgehead atoms. The van der Waals surface area contributed by atoms with Gasteiger partial charge in [0.2, 0.25) is 0 Å². The minimum absolute atomic E-state index is 0.0783. The standard InChI is InChI=1S/C21H26N2O4/c24-19(22-12-14-5-2-1-3-6-14)15-8-9-17-18(11-15)21(26)23(20(17)25)13-16-7-4-10-27-16/h8-9,11,14,16H,1-7,10,12-13H2,(H,22,24). The van der Waals surface area contributed by atoms with Crippen LogP contribution in [0.4, 0.5) is 0 Å². The molecular weight excluding hydrogens is 344 g/mol. The first-order valence-electron chi connectivity index (χ1n) is 10.0. The fraction of sp³-hybridized carbons (Fsp3) is 0.571. The Morgan fingerprint density at radius 1 is 1.04 bits per heavy atom. The maximum atomic E-state index is 12.7. The van der Waals surface area contributed by atoms with Crippen molar-refractivity contribution in [3.8, 4) is 0 Å². The summed E-state index contributed by atoms with van der Waals surface area (Å²) in [5.41, 5.74) is 1.13. The van der Waals surface area contributed by atoms with Crippen LogP contribution in [0.3, 0.4) is 0 Å². The third-order valence-corrected chi connectivity index (χ3v) is 5.92. The molecule has 6 nitrogen and oxygen atoms in total. The summed E-state index contributed by atoms with van der Waals surface area (Å²) in [7, 11) is 0. The largest absolute Gasteiger partial charge is 0.376 e. The number of fused-ring (bicyclic) bond motifs is 1. The summed E-state index contributed by atoms with van der Waals surface area (Å²) < 4.78 is 5.55. The molecule has 2 heterocycles. The van der Waals surface area contributed by atoms with E-state index in [1.54, 1.807) is 18.2 Å². The van der Waals surface area contributed by atoms with E-state index < -0.39 is 0 Å². The lowest BCUT2D eigenvalue weighted by Crippen LogP contribution is -2.36. The zero-order valence-electron chi connectivity index (χ0n) is 15.5. The molecule has 27 heavy (non-hydrogen) atoms. The summed E-state index contributed by atoms with van der Waals surface area (Å²) in [6, 6.07) is 4.79. The van der Waals surface area contributed by atoms with E-state index in [1.807, 2.05) is 0 Å². The summed E-state index contributed by atoms with van der Waals surface area (Å²) in [4.78, 5) is 39.0. The van der Waals surface area contributed by atoms with Gasteiger partial charge in [-0.2, -0.15) is 0 Å². The molecule has 1 saturated heterocycles. The van der Waals surface area contributed by atoms with E-state index in [9.17, 15) is 14.4 Å².